The van der Waals surface area contributed by atoms with Gasteiger partial charge in [-0.2, -0.15) is 0 Å². The van der Waals surface area contributed by atoms with Gasteiger partial charge < -0.3 is 10.6 Å². The number of imide groups is 1. The minimum absolute atomic E-state index is 0.207. The highest BCUT2D eigenvalue weighted by molar-refractivity contribution is 5.96. The van der Waals surface area contributed by atoms with Crippen LogP contribution in [-0.4, -0.2) is 24.0 Å². The van der Waals surface area contributed by atoms with Crippen LogP contribution in [0.4, 0.5) is 4.79 Å². The largest absolute Gasteiger partial charge is 0.334 e. The van der Waals surface area contributed by atoms with E-state index in [9.17, 15) is 9.59 Å². The monoisotopic (exact) mass is 291 g/mol. The lowest BCUT2D eigenvalue weighted by Crippen LogP contribution is -2.50. The van der Waals surface area contributed by atoms with Gasteiger partial charge in [-0.05, 0) is 25.3 Å². The molecule has 2 atom stereocenters. The van der Waals surface area contributed by atoms with Crippen LogP contribution in [0.15, 0.2) is 30.3 Å². The van der Waals surface area contributed by atoms with Crippen LogP contribution in [0.1, 0.15) is 33.3 Å². The molecule has 3 N–H and O–H groups in total. The van der Waals surface area contributed by atoms with Crippen molar-refractivity contribution in [1.29, 1.82) is 0 Å². The van der Waals surface area contributed by atoms with E-state index in [4.69, 9.17) is 0 Å². The van der Waals surface area contributed by atoms with Gasteiger partial charge in [-0.1, -0.05) is 44.2 Å². The van der Waals surface area contributed by atoms with Crippen molar-refractivity contribution in [2.24, 2.45) is 5.92 Å². The molecule has 0 aliphatic rings. The maximum atomic E-state index is 11.9. The third kappa shape index (κ3) is 6.40. The fourth-order valence-electron chi connectivity index (χ4n) is 1.71. The van der Waals surface area contributed by atoms with Gasteiger partial charge in [0.05, 0.1) is 6.04 Å². The van der Waals surface area contributed by atoms with Crippen molar-refractivity contribution in [2.45, 2.75) is 46.3 Å². The van der Waals surface area contributed by atoms with Crippen molar-refractivity contribution in [3.63, 3.8) is 0 Å². The van der Waals surface area contributed by atoms with Gasteiger partial charge in [0, 0.05) is 12.6 Å². The third-order valence-electron chi connectivity index (χ3n) is 3.44. The maximum absolute atomic E-state index is 11.9. The average Bonchev–Trinajstić information content (AvgIpc) is 2.45. The lowest BCUT2D eigenvalue weighted by molar-refractivity contribution is -0.121. The Balaban J connectivity index is 2.35. The summed E-state index contributed by atoms with van der Waals surface area (Å²) in [6, 6.07) is 8.86. The molecule has 0 spiro atoms. The van der Waals surface area contributed by atoms with Crippen molar-refractivity contribution < 1.29 is 9.59 Å². The van der Waals surface area contributed by atoms with Gasteiger partial charge in [0.15, 0.2) is 0 Å². The molecule has 0 radical (unpaired) electrons. The maximum Gasteiger partial charge on any atom is 0.321 e. The number of amides is 3. The Morgan fingerprint density at radius 1 is 1.05 bits per heavy atom. The average molecular weight is 291 g/mol. The summed E-state index contributed by atoms with van der Waals surface area (Å²) in [5, 5.41) is 8.17. The van der Waals surface area contributed by atoms with Crippen molar-refractivity contribution in [3.05, 3.63) is 35.9 Å². The van der Waals surface area contributed by atoms with E-state index in [2.05, 4.69) is 29.8 Å². The van der Waals surface area contributed by atoms with E-state index in [1.165, 1.54) is 0 Å². The summed E-state index contributed by atoms with van der Waals surface area (Å²) in [4.78, 5) is 23.6. The number of hydrogen-bond donors (Lipinski definition) is 3. The predicted octanol–water partition coefficient (Wildman–Crippen LogP) is 2.03. The summed E-state index contributed by atoms with van der Waals surface area (Å²) in [5.41, 5.74) is 0.986. The van der Waals surface area contributed by atoms with E-state index in [0.29, 0.717) is 12.5 Å². The van der Waals surface area contributed by atoms with Crippen LogP contribution in [0.2, 0.25) is 0 Å². The van der Waals surface area contributed by atoms with Crippen LogP contribution in [0.3, 0.4) is 0 Å². The first-order valence-electron chi connectivity index (χ1n) is 7.28. The molecule has 1 aromatic rings. The molecule has 0 aromatic heterocycles. The molecule has 0 fully saturated rings. The van der Waals surface area contributed by atoms with Crippen LogP contribution in [0.25, 0.3) is 0 Å². The molecule has 3 amide bonds. The van der Waals surface area contributed by atoms with E-state index in [0.717, 1.165) is 5.56 Å². The highest BCUT2D eigenvalue weighted by atomic mass is 16.2. The van der Waals surface area contributed by atoms with Crippen LogP contribution in [0.5, 0.6) is 0 Å². The number of hydrogen-bond acceptors (Lipinski definition) is 3. The Morgan fingerprint density at radius 2 is 1.67 bits per heavy atom. The zero-order valence-electron chi connectivity index (χ0n) is 13.1. The van der Waals surface area contributed by atoms with Crippen LogP contribution < -0.4 is 16.0 Å². The normalized spacial score (nSPS) is 13.6. The molecule has 1 rings (SSSR count). The second-order valence-corrected chi connectivity index (χ2v) is 5.58. The van der Waals surface area contributed by atoms with Gasteiger partial charge in [-0.25, -0.2) is 4.79 Å². The second kappa shape index (κ2) is 8.42. The number of carbonyl (C=O) groups excluding carboxylic acids is 2. The number of benzene rings is 1. The number of nitrogens with one attached hydrogen (secondary N) is 3. The standard InChI is InChI=1S/C16H25N3O2/c1-11(2)12(3)18-13(4)15(20)19-16(21)17-10-14-8-6-5-7-9-14/h5-9,11-13,18H,10H2,1-4H3,(H2,17,19,20,21)/t12-,13+/m1/s1. The zero-order chi connectivity index (χ0) is 15.8. The molecule has 5 nitrogen and oxygen atoms in total. The molecule has 0 heterocycles. The SMILES string of the molecule is CC(C)[C@@H](C)N[C@@H](C)C(=O)NC(=O)NCc1ccccc1. The Labute approximate surface area is 126 Å². The van der Waals surface area contributed by atoms with Gasteiger partial charge in [0.2, 0.25) is 5.91 Å². The molecular formula is C16H25N3O2. The first kappa shape index (κ1) is 17.2. The minimum Gasteiger partial charge on any atom is -0.334 e. The van der Waals surface area contributed by atoms with E-state index in [1.807, 2.05) is 37.3 Å². The Kier molecular flexibility index (Phi) is 6.88. The van der Waals surface area contributed by atoms with Gasteiger partial charge in [-0.3, -0.25) is 10.1 Å². The highest BCUT2D eigenvalue weighted by Crippen LogP contribution is 2.01. The summed E-state index contributed by atoms with van der Waals surface area (Å²) < 4.78 is 0. The molecule has 5 heteroatoms. The number of carbonyl (C=O) groups is 2. The predicted molar refractivity (Wildman–Crippen MR) is 83.7 cm³/mol. The Bertz CT molecular complexity index is 460. The van der Waals surface area contributed by atoms with Gasteiger partial charge in [0.1, 0.15) is 0 Å². The molecule has 0 saturated heterocycles. The van der Waals surface area contributed by atoms with E-state index >= 15 is 0 Å². The van der Waals surface area contributed by atoms with Gasteiger partial charge >= 0.3 is 6.03 Å². The summed E-state index contributed by atoms with van der Waals surface area (Å²) >= 11 is 0. The zero-order valence-corrected chi connectivity index (χ0v) is 13.1. The molecule has 0 saturated carbocycles. The van der Waals surface area contributed by atoms with Gasteiger partial charge in [-0.15, -0.1) is 0 Å². The fourth-order valence-corrected chi connectivity index (χ4v) is 1.71. The quantitative estimate of drug-likeness (QED) is 0.751. The molecule has 0 bridgehead atoms. The summed E-state index contributed by atoms with van der Waals surface area (Å²) in [5.74, 6) is 0.0974. The van der Waals surface area contributed by atoms with Gasteiger partial charge in [0.25, 0.3) is 0 Å². The van der Waals surface area contributed by atoms with Crippen molar-refractivity contribution in [3.8, 4) is 0 Å². The lowest BCUT2D eigenvalue weighted by Gasteiger charge is -2.22. The lowest BCUT2D eigenvalue weighted by atomic mass is 10.1. The van der Waals surface area contributed by atoms with Crippen molar-refractivity contribution in [2.75, 3.05) is 0 Å². The minimum atomic E-state index is -0.477. The molecule has 0 aliphatic carbocycles. The summed E-state index contributed by atoms with van der Waals surface area (Å²) in [6.07, 6.45) is 0. The van der Waals surface area contributed by atoms with Crippen molar-refractivity contribution >= 4 is 11.9 Å². The Hall–Kier alpha value is -1.88. The third-order valence-corrected chi connectivity index (χ3v) is 3.44. The molecule has 0 unspecified atom stereocenters. The molecule has 0 aliphatic heterocycles. The van der Waals surface area contributed by atoms with Crippen LogP contribution >= 0.6 is 0 Å². The van der Waals surface area contributed by atoms with Crippen LogP contribution in [0, 0.1) is 5.92 Å². The fraction of sp³-hybridized carbons (Fsp3) is 0.500. The van der Waals surface area contributed by atoms with E-state index in [-0.39, 0.29) is 11.9 Å². The molecule has 1 aromatic carbocycles. The molecule has 21 heavy (non-hydrogen) atoms. The Morgan fingerprint density at radius 3 is 2.24 bits per heavy atom. The topological polar surface area (TPSA) is 70.2 Å². The van der Waals surface area contributed by atoms with E-state index in [1.54, 1.807) is 6.92 Å². The second-order valence-electron chi connectivity index (χ2n) is 5.58. The van der Waals surface area contributed by atoms with Crippen LogP contribution in [-0.2, 0) is 11.3 Å². The first-order valence-corrected chi connectivity index (χ1v) is 7.28. The molecule has 116 valence electrons. The first-order chi connectivity index (χ1) is 9.90. The summed E-state index contributed by atoms with van der Waals surface area (Å²) in [6.45, 7) is 8.32. The molecular weight excluding hydrogens is 266 g/mol. The number of rotatable bonds is 6. The van der Waals surface area contributed by atoms with E-state index < -0.39 is 12.1 Å². The summed E-state index contributed by atoms with van der Waals surface area (Å²) in [7, 11) is 0. The smallest absolute Gasteiger partial charge is 0.321 e. The van der Waals surface area contributed by atoms with Crippen molar-refractivity contribution in [1.82, 2.24) is 16.0 Å². The number of urea groups is 1. The highest BCUT2D eigenvalue weighted by Gasteiger charge is 2.18.